The lowest BCUT2D eigenvalue weighted by atomic mass is 10.1. The lowest BCUT2D eigenvalue weighted by Gasteiger charge is -2.02. The van der Waals surface area contributed by atoms with Crippen molar-refractivity contribution in [2.24, 2.45) is 0 Å². The summed E-state index contributed by atoms with van der Waals surface area (Å²) in [4.78, 5) is 11.9. The molecule has 1 aliphatic rings. The van der Waals surface area contributed by atoms with Crippen LogP contribution < -0.4 is 14.8 Å². The second kappa shape index (κ2) is 4.31. The van der Waals surface area contributed by atoms with E-state index in [0.29, 0.717) is 17.1 Å². The van der Waals surface area contributed by atoms with Crippen molar-refractivity contribution in [3.05, 3.63) is 23.8 Å². The number of rotatable bonds is 4. The monoisotopic (exact) mass is 212 g/mol. The van der Waals surface area contributed by atoms with Crippen molar-refractivity contribution < 1.29 is 21.1 Å². The minimum absolute atomic E-state index is 0.0901. The van der Waals surface area contributed by atoms with Crippen LogP contribution in [0.5, 0.6) is 11.5 Å². The third-order valence-electron chi connectivity index (χ3n) is 2.03. The molecule has 0 spiro atoms. The molecule has 2 rings (SSSR count). The molecule has 0 saturated carbocycles. The molecule has 4 heteroatoms. The molecule has 1 aliphatic heterocycles. The standard InChI is InChI=1S/C11H13NO3/c1-2-12-6-9(13)8-3-4-10-11(5-8)15-7-14-10/h3-5,12H,2,6-7H2,1H3/i1D3,2D2. The van der Waals surface area contributed by atoms with Crippen molar-refractivity contribution in [3.63, 3.8) is 0 Å². The molecule has 0 amide bonds. The fraction of sp³-hybridized carbons (Fsp3) is 0.364. The van der Waals surface area contributed by atoms with Crippen LogP contribution in [0.4, 0.5) is 0 Å². The number of fused-ring (bicyclic) bond motifs is 1. The molecular formula is C11H13NO3. The van der Waals surface area contributed by atoms with Crippen molar-refractivity contribution in [2.45, 2.75) is 6.85 Å². The van der Waals surface area contributed by atoms with Crippen molar-refractivity contribution in [1.29, 1.82) is 0 Å². The summed E-state index contributed by atoms with van der Waals surface area (Å²) in [6.07, 6.45) is 0. The normalized spacial score (nSPS) is 19.6. The van der Waals surface area contributed by atoms with Crippen molar-refractivity contribution >= 4 is 5.78 Å². The molecule has 0 aromatic heterocycles. The van der Waals surface area contributed by atoms with Gasteiger partial charge in [0.25, 0.3) is 0 Å². The van der Waals surface area contributed by atoms with E-state index >= 15 is 0 Å². The average molecular weight is 212 g/mol. The molecule has 1 aromatic carbocycles. The maximum atomic E-state index is 11.9. The zero-order valence-electron chi connectivity index (χ0n) is 12.9. The molecule has 0 bridgehead atoms. The van der Waals surface area contributed by atoms with Crippen molar-refractivity contribution in [2.75, 3.05) is 19.8 Å². The molecule has 1 aromatic rings. The molecule has 0 radical (unpaired) electrons. The van der Waals surface area contributed by atoms with E-state index in [-0.39, 0.29) is 6.79 Å². The number of likely N-dealkylation sites (N-methyl/N-ethyl adjacent to an activating group) is 1. The molecule has 0 fully saturated rings. The molecule has 0 saturated heterocycles. The van der Waals surface area contributed by atoms with Gasteiger partial charge in [0.2, 0.25) is 6.79 Å². The number of Topliss-reactive ketones (excluding diaryl/α,β-unsaturated/α-hetero) is 1. The molecule has 0 unspecified atom stereocenters. The molecule has 0 aliphatic carbocycles. The summed E-state index contributed by atoms with van der Waals surface area (Å²) in [5.74, 6) is 0.540. The number of carbonyl (C=O) groups excluding carboxylic acids is 1. The van der Waals surface area contributed by atoms with Crippen molar-refractivity contribution in [1.82, 2.24) is 5.32 Å². The van der Waals surface area contributed by atoms with E-state index in [1.165, 1.54) is 12.1 Å². The lowest BCUT2D eigenvalue weighted by molar-refractivity contribution is 0.0991. The van der Waals surface area contributed by atoms with E-state index in [4.69, 9.17) is 16.3 Å². The van der Waals surface area contributed by atoms with Gasteiger partial charge in [-0.05, 0) is 24.7 Å². The van der Waals surface area contributed by atoms with E-state index < -0.39 is 25.7 Å². The SMILES string of the molecule is [2H]C([2H])([2H])C([2H])([2H])NCC(=O)c1ccc2c(c1)OCO2. The van der Waals surface area contributed by atoms with Gasteiger partial charge in [-0.2, -0.15) is 0 Å². The van der Waals surface area contributed by atoms with E-state index in [1.807, 2.05) is 0 Å². The maximum absolute atomic E-state index is 11.9. The zero-order valence-corrected chi connectivity index (χ0v) is 7.87. The van der Waals surface area contributed by atoms with E-state index in [0.717, 1.165) is 0 Å². The summed E-state index contributed by atoms with van der Waals surface area (Å²) in [6.45, 7) is -5.81. The molecular weight excluding hydrogens is 194 g/mol. The first-order chi connectivity index (χ1) is 9.21. The largest absolute Gasteiger partial charge is 0.454 e. The molecule has 15 heavy (non-hydrogen) atoms. The van der Waals surface area contributed by atoms with Gasteiger partial charge in [-0.15, -0.1) is 0 Å². The topological polar surface area (TPSA) is 47.6 Å². The number of benzene rings is 1. The quantitative estimate of drug-likeness (QED) is 0.762. The zero-order chi connectivity index (χ0) is 15.0. The fourth-order valence-corrected chi connectivity index (χ4v) is 1.30. The van der Waals surface area contributed by atoms with Crippen LogP contribution >= 0.6 is 0 Å². The second-order valence-corrected chi connectivity index (χ2v) is 2.97. The first kappa shape index (κ1) is 5.51. The number of ketones is 1. The van der Waals surface area contributed by atoms with Gasteiger partial charge in [0.05, 0.1) is 6.54 Å². The molecule has 1 N–H and O–H groups in total. The number of hydrogen-bond acceptors (Lipinski definition) is 4. The van der Waals surface area contributed by atoms with Gasteiger partial charge < -0.3 is 14.8 Å². The molecule has 1 heterocycles. The van der Waals surface area contributed by atoms with E-state index in [1.54, 1.807) is 6.07 Å². The highest BCUT2D eigenvalue weighted by Crippen LogP contribution is 2.32. The van der Waals surface area contributed by atoms with Crippen LogP contribution in [0.3, 0.4) is 0 Å². The molecule has 0 atom stereocenters. The van der Waals surface area contributed by atoms with Crippen LogP contribution in [0.1, 0.15) is 24.1 Å². The Balaban J connectivity index is 2.03. The number of hydrogen-bond donors (Lipinski definition) is 1. The van der Waals surface area contributed by atoms with Gasteiger partial charge in [0.1, 0.15) is 0 Å². The maximum Gasteiger partial charge on any atom is 0.231 e. The van der Waals surface area contributed by atoms with E-state index in [9.17, 15) is 4.79 Å². The highest BCUT2D eigenvalue weighted by molar-refractivity contribution is 5.98. The van der Waals surface area contributed by atoms with Gasteiger partial charge in [-0.1, -0.05) is 6.85 Å². The van der Waals surface area contributed by atoms with Crippen LogP contribution in [-0.4, -0.2) is 25.6 Å². The Labute approximate surface area is 95.2 Å². The third kappa shape index (κ3) is 2.10. The fourth-order valence-electron chi connectivity index (χ4n) is 1.30. The number of nitrogens with one attached hydrogen (secondary N) is 1. The Morgan fingerprint density at radius 3 is 3.33 bits per heavy atom. The minimum atomic E-state index is -2.85. The van der Waals surface area contributed by atoms with Crippen molar-refractivity contribution in [3.8, 4) is 11.5 Å². The van der Waals surface area contributed by atoms with Crippen LogP contribution in [0.2, 0.25) is 0 Å². The number of carbonyl (C=O) groups is 1. The van der Waals surface area contributed by atoms with Crippen LogP contribution in [-0.2, 0) is 0 Å². The van der Waals surface area contributed by atoms with Gasteiger partial charge in [-0.25, -0.2) is 0 Å². The summed E-state index contributed by atoms with van der Waals surface area (Å²) in [5.41, 5.74) is 0.295. The highest BCUT2D eigenvalue weighted by Gasteiger charge is 2.15. The Hall–Kier alpha value is -1.55. The van der Waals surface area contributed by atoms with Gasteiger partial charge in [0.15, 0.2) is 17.3 Å². The molecule has 80 valence electrons. The molecule has 4 nitrogen and oxygen atoms in total. The first-order valence-corrected chi connectivity index (χ1v) is 4.38. The Bertz CT molecular complexity index is 529. The Morgan fingerprint density at radius 2 is 2.47 bits per heavy atom. The first-order valence-electron chi connectivity index (χ1n) is 6.88. The lowest BCUT2D eigenvalue weighted by Crippen LogP contribution is -2.22. The Morgan fingerprint density at radius 1 is 1.60 bits per heavy atom. The Kier molecular flexibility index (Phi) is 1.59. The summed E-state index contributed by atoms with van der Waals surface area (Å²) in [6, 6.07) is 4.58. The summed E-state index contributed by atoms with van der Waals surface area (Å²) in [7, 11) is 0. The number of ether oxygens (including phenoxy) is 2. The van der Waals surface area contributed by atoms with Gasteiger partial charge >= 0.3 is 0 Å². The van der Waals surface area contributed by atoms with Gasteiger partial charge in [-0.3, -0.25) is 4.79 Å². The summed E-state index contributed by atoms with van der Waals surface area (Å²) in [5, 5.41) is 2.11. The minimum Gasteiger partial charge on any atom is -0.454 e. The average Bonchev–Trinajstić information content (AvgIpc) is 2.81. The van der Waals surface area contributed by atoms with Crippen LogP contribution in [0, 0.1) is 0 Å². The highest BCUT2D eigenvalue weighted by atomic mass is 16.7. The predicted molar refractivity (Wildman–Crippen MR) is 55.4 cm³/mol. The van der Waals surface area contributed by atoms with Crippen LogP contribution in [0.25, 0.3) is 0 Å². The predicted octanol–water partition coefficient (Wildman–Crippen LogP) is 1.21. The smallest absolute Gasteiger partial charge is 0.231 e. The summed E-state index contributed by atoms with van der Waals surface area (Å²) >= 11 is 0. The summed E-state index contributed by atoms with van der Waals surface area (Å²) < 4.78 is 46.0. The van der Waals surface area contributed by atoms with Gasteiger partial charge in [0, 0.05) is 12.4 Å². The third-order valence-corrected chi connectivity index (χ3v) is 2.03. The van der Waals surface area contributed by atoms with Crippen LogP contribution in [0.15, 0.2) is 18.2 Å². The van der Waals surface area contributed by atoms with E-state index in [2.05, 4.69) is 5.32 Å². The second-order valence-electron chi connectivity index (χ2n) is 2.97.